The molecule has 2 aromatic carbocycles. The summed E-state index contributed by atoms with van der Waals surface area (Å²) >= 11 is 0. The fourth-order valence-corrected chi connectivity index (χ4v) is 3.33. The van der Waals surface area contributed by atoms with Crippen LogP contribution in [0.25, 0.3) is 0 Å². The molecule has 6 nitrogen and oxygen atoms in total. The van der Waals surface area contributed by atoms with Crippen LogP contribution in [-0.2, 0) is 22.6 Å². The fraction of sp³-hybridized carbons (Fsp3) is 0.440. The van der Waals surface area contributed by atoms with Crippen molar-refractivity contribution in [1.82, 2.24) is 10.6 Å². The molecule has 1 fully saturated rings. The van der Waals surface area contributed by atoms with Crippen LogP contribution < -0.4 is 21.1 Å². The van der Waals surface area contributed by atoms with Gasteiger partial charge in [0.25, 0.3) is 0 Å². The van der Waals surface area contributed by atoms with Crippen LogP contribution in [0.4, 0.5) is 0 Å². The second-order valence-electron chi connectivity index (χ2n) is 8.70. The summed E-state index contributed by atoms with van der Waals surface area (Å²) in [6.07, 6.45) is 2.97. The molecular weight excluding hydrogens is 390 g/mol. The van der Waals surface area contributed by atoms with Gasteiger partial charge >= 0.3 is 0 Å². The maximum atomic E-state index is 12.7. The highest BCUT2D eigenvalue weighted by Gasteiger charge is 2.29. The average molecular weight is 424 g/mol. The Morgan fingerprint density at radius 2 is 1.68 bits per heavy atom. The van der Waals surface area contributed by atoms with Crippen molar-refractivity contribution in [3.05, 3.63) is 65.7 Å². The molecule has 0 saturated heterocycles. The number of carbonyl (C=O) groups excluding carboxylic acids is 2. The highest BCUT2D eigenvalue weighted by molar-refractivity contribution is 5.90. The Hall–Kier alpha value is -2.86. The summed E-state index contributed by atoms with van der Waals surface area (Å²) < 4.78 is 5.83. The molecule has 1 saturated carbocycles. The number of nitrogens with two attached hydrogens (primary N) is 1. The third-order valence-electron chi connectivity index (χ3n) is 5.23. The number of nitrogens with one attached hydrogen (secondary N) is 2. The van der Waals surface area contributed by atoms with E-state index >= 15 is 0 Å². The summed E-state index contributed by atoms with van der Waals surface area (Å²) in [5, 5.41) is 5.85. The van der Waals surface area contributed by atoms with Crippen molar-refractivity contribution in [1.29, 1.82) is 0 Å². The molecule has 2 amide bonds. The lowest BCUT2D eigenvalue weighted by Crippen LogP contribution is -2.53. The number of amides is 2. The minimum atomic E-state index is -0.651. The molecule has 6 heteroatoms. The second kappa shape index (κ2) is 11.0. The Bertz CT molecular complexity index is 848. The molecule has 0 heterocycles. The number of carbonyl (C=O) groups is 2. The molecule has 2 aromatic rings. The van der Waals surface area contributed by atoms with Crippen LogP contribution in [0.3, 0.4) is 0 Å². The Morgan fingerprint density at radius 3 is 2.29 bits per heavy atom. The van der Waals surface area contributed by atoms with E-state index in [-0.39, 0.29) is 17.9 Å². The highest BCUT2D eigenvalue weighted by Crippen LogP contribution is 2.20. The van der Waals surface area contributed by atoms with Crippen LogP contribution in [-0.4, -0.2) is 29.9 Å². The van der Waals surface area contributed by atoms with E-state index in [1.54, 1.807) is 0 Å². The van der Waals surface area contributed by atoms with Crippen molar-refractivity contribution in [3.8, 4) is 5.75 Å². The Morgan fingerprint density at radius 1 is 1.00 bits per heavy atom. The van der Waals surface area contributed by atoms with E-state index in [1.807, 2.05) is 68.4 Å². The molecule has 31 heavy (non-hydrogen) atoms. The maximum Gasteiger partial charge on any atom is 0.243 e. The molecule has 2 atom stereocenters. The van der Waals surface area contributed by atoms with Gasteiger partial charge in [0.1, 0.15) is 18.4 Å². The van der Waals surface area contributed by atoms with Gasteiger partial charge in [-0.1, -0.05) is 56.3 Å². The third-order valence-corrected chi connectivity index (χ3v) is 5.23. The van der Waals surface area contributed by atoms with Crippen molar-refractivity contribution >= 4 is 11.8 Å². The fourth-order valence-electron chi connectivity index (χ4n) is 3.33. The molecule has 0 aliphatic heterocycles. The number of ether oxygens (including phenoxy) is 1. The van der Waals surface area contributed by atoms with Gasteiger partial charge in [-0.3, -0.25) is 9.59 Å². The lowest BCUT2D eigenvalue weighted by atomic mass is 10.0. The molecule has 3 rings (SSSR count). The van der Waals surface area contributed by atoms with Gasteiger partial charge in [-0.2, -0.15) is 0 Å². The summed E-state index contributed by atoms with van der Waals surface area (Å²) in [6.45, 7) is 4.54. The molecule has 0 bridgehead atoms. The van der Waals surface area contributed by atoms with Gasteiger partial charge in [-0.15, -0.1) is 0 Å². The average Bonchev–Trinajstić information content (AvgIpc) is 3.57. The van der Waals surface area contributed by atoms with Gasteiger partial charge in [0.15, 0.2) is 0 Å². The van der Waals surface area contributed by atoms with Crippen LogP contribution in [0, 0.1) is 5.92 Å². The van der Waals surface area contributed by atoms with Gasteiger partial charge in [-0.25, -0.2) is 0 Å². The van der Waals surface area contributed by atoms with E-state index < -0.39 is 12.1 Å². The zero-order valence-corrected chi connectivity index (χ0v) is 18.3. The molecule has 4 N–H and O–H groups in total. The molecule has 2 unspecified atom stereocenters. The zero-order valence-electron chi connectivity index (χ0n) is 18.3. The lowest BCUT2D eigenvalue weighted by molar-refractivity contribution is -0.129. The maximum absolute atomic E-state index is 12.7. The third kappa shape index (κ3) is 7.72. The standard InChI is InChI=1S/C25H33N3O3/c1-17(2)14-22(26)24(29)28-23(25(30)27-20-10-11-20)15-18-8-12-21(13-9-18)31-16-19-6-4-3-5-7-19/h3-9,12-13,17,20,22-23H,10-11,14-16,26H2,1-2H3,(H,27,30)(H,28,29). The molecule has 0 spiro atoms. The summed E-state index contributed by atoms with van der Waals surface area (Å²) in [5.41, 5.74) is 8.06. The number of rotatable bonds is 11. The van der Waals surface area contributed by atoms with Crippen molar-refractivity contribution in [2.75, 3.05) is 0 Å². The summed E-state index contributed by atoms with van der Waals surface area (Å²) in [7, 11) is 0. The molecule has 1 aliphatic carbocycles. The summed E-state index contributed by atoms with van der Waals surface area (Å²) in [5.74, 6) is 0.627. The lowest BCUT2D eigenvalue weighted by Gasteiger charge is -2.21. The van der Waals surface area contributed by atoms with Crippen molar-refractivity contribution in [2.45, 2.75) is 64.3 Å². The smallest absolute Gasteiger partial charge is 0.243 e. The number of hydrogen-bond acceptors (Lipinski definition) is 4. The van der Waals surface area contributed by atoms with Crippen molar-refractivity contribution in [2.24, 2.45) is 11.7 Å². The monoisotopic (exact) mass is 423 g/mol. The zero-order chi connectivity index (χ0) is 22.2. The Balaban J connectivity index is 1.59. The first-order valence-corrected chi connectivity index (χ1v) is 11.0. The molecule has 0 radical (unpaired) electrons. The minimum Gasteiger partial charge on any atom is -0.489 e. The first-order chi connectivity index (χ1) is 14.9. The van der Waals surface area contributed by atoms with Gasteiger partial charge < -0.3 is 21.1 Å². The number of benzene rings is 2. The summed E-state index contributed by atoms with van der Waals surface area (Å²) in [4.78, 5) is 25.2. The van der Waals surface area contributed by atoms with E-state index in [0.29, 0.717) is 25.4 Å². The predicted molar refractivity (Wildman–Crippen MR) is 121 cm³/mol. The van der Waals surface area contributed by atoms with Gasteiger partial charge in [0.05, 0.1) is 6.04 Å². The number of hydrogen-bond donors (Lipinski definition) is 3. The van der Waals surface area contributed by atoms with Crippen LogP contribution in [0.1, 0.15) is 44.2 Å². The van der Waals surface area contributed by atoms with Gasteiger partial charge in [-0.05, 0) is 48.4 Å². The van der Waals surface area contributed by atoms with Crippen molar-refractivity contribution in [3.63, 3.8) is 0 Å². The first kappa shape index (κ1) is 22.8. The quantitative estimate of drug-likeness (QED) is 0.518. The van der Waals surface area contributed by atoms with Crippen LogP contribution in [0.15, 0.2) is 54.6 Å². The van der Waals surface area contributed by atoms with E-state index in [4.69, 9.17) is 10.5 Å². The van der Waals surface area contributed by atoms with E-state index in [0.717, 1.165) is 29.7 Å². The molecule has 0 aromatic heterocycles. The van der Waals surface area contributed by atoms with Crippen LogP contribution in [0.5, 0.6) is 5.75 Å². The van der Waals surface area contributed by atoms with Crippen LogP contribution >= 0.6 is 0 Å². The first-order valence-electron chi connectivity index (χ1n) is 11.0. The second-order valence-corrected chi connectivity index (χ2v) is 8.70. The molecule has 166 valence electrons. The normalized spacial score (nSPS) is 15.2. The van der Waals surface area contributed by atoms with E-state index in [1.165, 1.54) is 0 Å². The minimum absolute atomic E-state index is 0.156. The van der Waals surface area contributed by atoms with E-state index in [2.05, 4.69) is 10.6 Å². The largest absolute Gasteiger partial charge is 0.489 e. The Labute approximate surface area is 184 Å². The highest BCUT2D eigenvalue weighted by atomic mass is 16.5. The molecular formula is C25H33N3O3. The molecule has 1 aliphatic rings. The van der Waals surface area contributed by atoms with Crippen molar-refractivity contribution < 1.29 is 14.3 Å². The van der Waals surface area contributed by atoms with E-state index in [9.17, 15) is 9.59 Å². The van der Waals surface area contributed by atoms with Crippen LogP contribution in [0.2, 0.25) is 0 Å². The van der Waals surface area contributed by atoms with Gasteiger partial charge in [0.2, 0.25) is 11.8 Å². The predicted octanol–water partition coefficient (Wildman–Crippen LogP) is 2.94. The topological polar surface area (TPSA) is 93.5 Å². The Kier molecular flexibility index (Phi) is 8.06. The summed E-state index contributed by atoms with van der Waals surface area (Å²) in [6, 6.07) is 16.6. The van der Waals surface area contributed by atoms with Gasteiger partial charge in [0, 0.05) is 12.5 Å². The SMILES string of the molecule is CC(C)CC(N)C(=O)NC(Cc1ccc(OCc2ccccc2)cc1)C(=O)NC1CC1.